The Hall–Kier alpha value is -3.60. The standard InChI is InChI=1S/C23H19NO4/c1-27-20-10-7-14(11-21(20)28-2)13-24-23(26)15-8-9-17-16-5-3-4-6-18(16)22(25)19(17)12-15/h3-12H,13H2,1-2H3,(H,24,26). The van der Waals surface area contributed by atoms with Crippen LogP contribution in [0.15, 0.2) is 60.7 Å². The van der Waals surface area contributed by atoms with Crippen LogP contribution in [-0.4, -0.2) is 25.9 Å². The molecule has 0 aromatic heterocycles. The summed E-state index contributed by atoms with van der Waals surface area (Å²) in [4.78, 5) is 25.2. The Morgan fingerprint density at radius 2 is 1.54 bits per heavy atom. The maximum absolute atomic E-state index is 12.6. The molecule has 3 aromatic carbocycles. The maximum atomic E-state index is 12.6. The van der Waals surface area contributed by atoms with E-state index in [0.717, 1.165) is 16.7 Å². The van der Waals surface area contributed by atoms with Gasteiger partial charge in [-0.15, -0.1) is 0 Å². The summed E-state index contributed by atoms with van der Waals surface area (Å²) in [5.41, 5.74) is 4.38. The molecule has 5 heteroatoms. The first-order chi connectivity index (χ1) is 13.6. The molecule has 1 amide bonds. The van der Waals surface area contributed by atoms with Gasteiger partial charge in [-0.1, -0.05) is 36.4 Å². The lowest BCUT2D eigenvalue weighted by Gasteiger charge is -2.11. The number of hydrogen-bond donors (Lipinski definition) is 1. The van der Waals surface area contributed by atoms with Crippen LogP contribution < -0.4 is 14.8 Å². The number of benzene rings is 3. The van der Waals surface area contributed by atoms with Crippen molar-refractivity contribution < 1.29 is 19.1 Å². The van der Waals surface area contributed by atoms with Crippen molar-refractivity contribution in [2.75, 3.05) is 14.2 Å². The maximum Gasteiger partial charge on any atom is 0.251 e. The van der Waals surface area contributed by atoms with Crippen LogP contribution in [0, 0.1) is 0 Å². The molecule has 4 rings (SSSR count). The van der Waals surface area contributed by atoms with Crippen molar-refractivity contribution in [3.8, 4) is 22.6 Å². The van der Waals surface area contributed by atoms with Crippen LogP contribution in [0.25, 0.3) is 11.1 Å². The highest BCUT2D eigenvalue weighted by Crippen LogP contribution is 2.36. The molecule has 0 saturated heterocycles. The number of carbonyl (C=O) groups excluding carboxylic acids is 2. The molecule has 0 atom stereocenters. The fourth-order valence-corrected chi connectivity index (χ4v) is 3.44. The van der Waals surface area contributed by atoms with Gasteiger partial charge < -0.3 is 14.8 Å². The summed E-state index contributed by atoms with van der Waals surface area (Å²) in [5, 5.41) is 2.88. The van der Waals surface area contributed by atoms with E-state index < -0.39 is 0 Å². The second-order valence-corrected chi connectivity index (χ2v) is 6.51. The third kappa shape index (κ3) is 3.01. The minimum Gasteiger partial charge on any atom is -0.493 e. The monoisotopic (exact) mass is 373 g/mol. The lowest BCUT2D eigenvalue weighted by molar-refractivity contribution is 0.0951. The lowest BCUT2D eigenvalue weighted by Crippen LogP contribution is -2.23. The van der Waals surface area contributed by atoms with E-state index in [1.54, 1.807) is 32.4 Å². The van der Waals surface area contributed by atoms with Gasteiger partial charge in [-0.2, -0.15) is 0 Å². The summed E-state index contributed by atoms with van der Waals surface area (Å²) >= 11 is 0. The van der Waals surface area contributed by atoms with E-state index in [4.69, 9.17) is 9.47 Å². The zero-order valence-corrected chi connectivity index (χ0v) is 15.6. The van der Waals surface area contributed by atoms with Gasteiger partial charge in [0.15, 0.2) is 17.3 Å². The minimum absolute atomic E-state index is 0.0415. The number of carbonyl (C=O) groups is 2. The average Bonchev–Trinajstić information content (AvgIpc) is 3.03. The molecule has 0 heterocycles. The fraction of sp³-hybridized carbons (Fsp3) is 0.130. The van der Waals surface area contributed by atoms with E-state index in [-0.39, 0.29) is 11.7 Å². The number of amides is 1. The van der Waals surface area contributed by atoms with Crippen LogP contribution >= 0.6 is 0 Å². The molecule has 1 N–H and O–H groups in total. The Morgan fingerprint density at radius 3 is 2.29 bits per heavy atom. The topological polar surface area (TPSA) is 64.6 Å². The van der Waals surface area contributed by atoms with Crippen LogP contribution in [0.5, 0.6) is 11.5 Å². The number of methoxy groups -OCH3 is 2. The van der Waals surface area contributed by atoms with Gasteiger partial charge in [0.2, 0.25) is 0 Å². The van der Waals surface area contributed by atoms with Crippen LogP contribution in [0.4, 0.5) is 0 Å². The molecule has 0 spiro atoms. The fourth-order valence-electron chi connectivity index (χ4n) is 3.44. The molecule has 0 radical (unpaired) electrons. The Kier molecular flexibility index (Phi) is 4.57. The highest BCUT2D eigenvalue weighted by Gasteiger charge is 2.26. The van der Waals surface area contributed by atoms with E-state index in [0.29, 0.717) is 34.7 Å². The SMILES string of the molecule is COc1ccc(CNC(=O)c2ccc3c(c2)C(=O)c2ccccc2-3)cc1OC. The molecule has 1 aliphatic rings. The number of fused-ring (bicyclic) bond motifs is 3. The van der Waals surface area contributed by atoms with Crippen molar-refractivity contribution in [2.45, 2.75) is 6.54 Å². The first-order valence-corrected chi connectivity index (χ1v) is 8.89. The average molecular weight is 373 g/mol. The molecule has 3 aromatic rings. The van der Waals surface area contributed by atoms with E-state index >= 15 is 0 Å². The summed E-state index contributed by atoms with van der Waals surface area (Å²) in [6, 6.07) is 18.2. The first-order valence-electron chi connectivity index (χ1n) is 8.89. The number of ether oxygens (including phenoxy) is 2. The van der Waals surface area contributed by atoms with Gasteiger partial charge >= 0.3 is 0 Å². The van der Waals surface area contributed by atoms with E-state index in [2.05, 4.69) is 5.32 Å². The molecule has 0 bridgehead atoms. The van der Waals surface area contributed by atoms with E-state index in [1.165, 1.54) is 0 Å². The van der Waals surface area contributed by atoms with Gasteiger partial charge in [0.05, 0.1) is 14.2 Å². The van der Waals surface area contributed by atoms with Crippen molar-refractivity contribution in [3.05, 3.63) is 82.9 Å². The third-order valence-corrected chi connectivity index (χ3v) is 4.89. The Labute approximate surface area is 162 Å². The molecule has 0 saturated carbocycles. The highest BCUT2D eigenvalue weighted by molar-refractivity contribution is 6.22. The molecule has 28 heavy (non-hydrogen) atoms. The predicted molar refractivity (Wildman–Crippen MR) is 106 cm³/mol. The van der Waals surface area contributed by atoms with Crippen molar-refractivity contribution in [2.24, 2.45) is 0 Å². The number of hydrogen-bond acceptors (Lipinski definition) is 4. The quantitative estimate of drug-likeness (QED) is 0.577. The molecule has 0 aliphatic heterocycles. The predicted octanol–water partition coefficient (Wildman–Crippen LogP) is 3.85. The van der Waals surface area contributed by atoms with Gasteiger partial charge in [-0.25, -0.2) is 0 Å². The summed E-state index contributed by atoms with van der Waals surface area (Å²) < 4.78 is 10.5. The van der Waals surface area contributed by atoms with Crippen LogP contribution in [-0.2, 0) is 6.54 Å². The molecule has 140 valence electrons. The van der Waals surface area contributed by atoms with Crippen molar-refractivity contribution in [3.63, 3.8) is 0 Å². The van der Waals surface area contributed by atoms with Crippen molar-refractivity contribution in [1.29, 1.82) is 0 Å². The number of rotatable bonds is 5. The molecule has 0 unspecified atom stereocenters. The van der Waals surface area contributed by atoms with Gasteiger partial charge in [-0.3, -0.25) is 9.59 Å². The number of ketones is 1. The first kappa shape index (κ1) is 17.8. The van der Waals surface area contributed by atoms with Gasteiger partial charge in [0, 0.05) is 23.2 Å². The van der Waals surface area contributed by atoms with E-state index in [1.807, 2.05) is 42.5 Å². The Bertz CT molecular complexity index is 1090. The largest absolute Gasteiger partial charge is 0.493 e. The summed E-state index contributed by atoms with van der Waals surface area (Å²) in [5.74, 6) is 0.964. The van der Waals surface area contributed by atoms with Crippen molar-refractivity contribution in [1.82, 2.24) is 5.32 Å². The summed E-state index contributed by atoms with van der Waals surface area (Å²) in [6.45, 7) is 0.338. The lowest BCUT2D eigenvalue weighted by atomic mass is 10.0. The molecule has 5 nitrogen and oxygen atoms in total. The second kappa shape index (κ2) is 7.19. The Balaban J connectivity index is 1.52. The zero-order chi connectivity index (χ0) is 19.7. The number of nitrogens with one attached hydrogen (secondary N) is 1. The third-order valence-electron chi connectivity index (χ3n) is 4.89. The van der Waals surface area contributed by atoms with Crippen molar-refractivity contribution >= 4 is 11.7 Å². The normalized spacial score (nSPS) is 11.6. The smallest absolute Gasteiger partial charge is 0.251 e. The van der Waals surface area contributed by atoms with Crippen LogP contribution in [0.3, 0.4) is 0 Å². The minimum atomic E-state index is -0.235. The van der Waals surface area contributed by atoms with Gasteiger partial charge in [0.25, 0.3) is 5.91 Å². The van der Waals surface area contributed by atoms with Gasteiger partial charge in [-0.05, 0) is 41.0 Å². The molecular weight excluding hydrogens is 354 g/mol. The van der Waals surface area contributed by atoms with Crippen LogP contribution in [0.2, 0.25) is 0 Å². The molecular formula is C23H19NO4. The summed E-state index contributed by atoms with van der Waals surface area (Å²) in [7, 11) is 3.15. The van der Waals surface area contributed by atoms with E-state index in [9.17, 15) is 9.59 Å². The van der Waals surface area contributed by atoms with Crippen LogP contribution in [0.1, 0.15) is 31.8 Å². The molecule has 1 aliphatic carbocycles. The second-order valence-electron chi connectivity index (χ2n) is 6.51. The highest BCUT2D eigenvalue weighted by atomic mass is 16.5. The zero-order valence-electron chi connectivity index (χ0n) is 15.6. The Morgan fingerprint density at radius 1 is 0.821 bits per heavy atom. The summed E-state index contributed by atoms with van der Waals surface area (Å²) in [6.07, 6.45) is 0. The van der Waals surface area contributed by atoms with Gasteiger partial charge in [0.1, 0.15) is 0 Å². The molecule has 0 fully saturated rings.